The zero-order valence-electron chi connectivity index (χ0n) is 10.1. The summed E-state index contributed by atoms with van der Waals surface area (Å²) in [6.07, 6.45) is 1.82. The summed E-state index contributed by atoms with van der Waals surface area (Å²) >= 11 is 2.09. The van der Waals surface area contributed by atoms with Crippen LogP contribution in [0.2, 0.25) is 0 Å². The molecular formula is C12H14INO4S. The van der Waals surface area contributed by atoms with Crippen molar-refractivity contribution in [3.8, 4) is 0 Å². The lowest BCUT2D eigenvalue weighted by atomic mass is 10.1. The van der Waals surface area contributed by atoms with Crippen LogP contribution in [0.4, 0.5) is 0 Å². The molecule has 1 heterocycles. The molecule has 1 saturated heterocycles. The van der Waals surface area contributed by atoms with E-state index in [1.54, 1.807) is 12.1 Å². The number of aliphatic carboxylic acids is 1. The predicted octanol–water partition coefficient (Wildman–Crippen LogP) is 1.92. The topological polar surface area (TPSA) is 74.7 Å². The van der Waals surface area contributed by atoms with Crippen LogP contribution in [-0.2, 0) is 14.8 Å². The molecule has 1 aliphatic heterocycles. The first kappa shape index (κ1) is 14.7. The van der Waals surface area contributed by atoms with E-state index < -0.39 is 22.0 Å². The Morgan fingerprint density at radius 2 is 1.89 bits per heavy atom. The fraction of sp³-hybridized carbons (Fsp3) is 0.417. The van der Waals surface area contributed by atoms with E-state index in [1.807, 2.05) is 0 Å². The smallest absolute Gasteiger partial charge is 0.322 e. The molecule has 1 aliphatic rings. The molecule has 0 aliphatic carbocycles. The standard InChI is InChI=1S/C12H14INO4S/c13-9-4-6-10(7-5-9)19(17,18)14-8-2-1-3-11(14)12(15)16/h4-7,11H,1-3,8H2,(H,15,16)/t11-/m1/s1. The van der Waals surface area contributed by atoms with Crippen LogP contribution in [0.15, 0.2) is 29.2 Å². The summed E-state index contributed by atoms with van der Waals surface area (Å²) in [5.41, 5.74) is 0. The molecule has 0 amide bonds. The maximum Gasteiger partial charge on any atom is 0.322 e. The van der Waals surface area contributed by atoms with Crippen LogP contribution in [0.5, 0.6) is 0 Å². The van der Waals surface area contributed by atoms with Crippen LogP contribution in [-0.4, -0.2) is 36.4 Å². The highest BCUT2D eigenvalue weighted by atomic mass is 127. The molecule has 104 valence electrons. The number of sulfonamides is 1. The van der Waals surface area contributed by atoms with Crippen molar-refractivity contribution < 1.29 is 18.3 Å². The quantitative estimate of drug-likeness (QED) is 0.794. The van der Waals surface area contributed by atoms with E-state index in [0.29, 0.717) is 12.8 Å². The van der Waals surface area contributed by atoms with Crippen molar-refractivity contribution in [3.63, 3.8) is 0 Å². The third-order valence-corrected chi connectivity index (χ3v) is 5.80. The van der Waals surface area contributed by atoms with Crippen molar-refractivity contribution in [2.75, 3.05) is 6.54 Å². The lowest BCUT2D eigenvalue weighted by Crippen LogP contribution is -2.47. The summed E-state index contributed by atoms with van der Waals surface area (Å²) in [5, 5.41) is 9.16. The van der Waals surface area contributed by atoms with Gasteiger partial charge in [-0.25, -0.2) is 8.42 Å². The fourth-order valence-electron chi connectivity index (χ4n) is 2.18. The van der Waals surface area contributed by atoms with Crippen molar-refractivity contribution >= 4 is 38.6 Å². The van der Waals surface area contributed by atoms with Crippen LogP contribution >= 0.6 is 22.6 Å². The SMILES string of the molecule is O=C(O)[C@H]1CCCCN1S(=O)(=O)c1ccc(I)cc1. The Morgan fingerprint density at radius 3 is 2.47 bits per heavy atom. The number of rotatable bonds is 3. The van der Waals surface area contributed by atoms with E-state index in [1.165, 1.54) is 12.1 Å². The molecule has 1 aromatic carbocycles. The second-order valence-corrected chi connectivity index (χ2v) is 7.56. The first-order valence-electron chi connectivity index (χ1n) is 5.93. The third-order valence-electron chi connectivity index (χ3n) is 3.16. The molecule has 0 saturated carbocycles. The van der Waals surface area contributed by atoms with E-state index in [2.05, 4.69) is 22.6 Å². The number of carboxylic acids is 1. The largest absolute Gasteiger partial charge is 0.480 e. The molecule has 0 unspecified atom stereocenters. The van der Waals surface area contributed by atoms with E-state index in [-0.39, 0.29) is 11.4 Å². The van der Waals surface area contributed by atoms with Gasteiger partial charge in [-0.15, -0.1) is 0 Å². The number of hydrogen-bond donors (Lipinski definition) is 1. The van der Waals surface area contributed by atoms with Gasteiger partial charge in [0.15, 0.2) is 0 Å². The highest BCUT2D eigenvalue weighted by Crippen LogP contribution is 2.25. The molecule has 5 nitrogen and oxygen atoms in total. The number of carboxylic acid groups (broad SMARTS) is 1. The second kappa shape index (κ2) is 5.76. The molecule has 1 fully saturated rings. The van der Waals surface area contributed by atoms with Gasteiger partial charge in [0.1, 0.15) is 6.04 Å². The highest BCUT2D eigenvalue weighted by Gasteiger charge is 2.37. The van der Waals surface area contributed by atoms with Crippen LogP contribution in [0.3, 0.4) is 0 Å². The Balaban J connectivity index is 2.37. The van der Waals surface area contributed by atoms with Crippen molar-refractivity contribution in [3.05, 3.63) is 27.8 Å². The van der Waals surface area contributed by atoms with Gasteiger partial charge in [0.25, 0.3) is 0 Å². The minimum atomic E-state index is -3.72. The van der Waals surface area contributed by atoms with E-state index in [9.17, 15) is 13.2 Å². The summed E-state index contributed by atoms with van der Waals surface area (Å²) in [6.45, 7) is 0.269. The lowest BCUT2D eigenvalue weighted by molar-refractivity contribution is -0.142. The number of hydrogen-bond acceptors (Lipinski definition) is 3. The Morgan fingerprint density at radius 1 is 1.26 bits per heavy atom. The van der Waals surface area contributed by atoms with E-state index >= 15 is 0 Å². The molecule has 2 rings (SSSR count). The van der Waals surface area contributed by atoms with Gasteiger partial charge in [-0.05, 0) is 66.1 Å². The summed E-state index contributed by atoms with van der Waals surface area (Å²) < 4.78 is 27.0. The van der Waals surface area contributed by atoms with E-state index in [0.717, 1.165) is 14.3 Å². The van der Waals surface area contributed by atoms with Crippen LogP contribution in [0, 0.1) is 3.57 Å². The lowest BCUT2D eigenvalue weighted by Gasteiger charge is -2.31. The molecule has 0 bridgehead atoms. The zero-order chi connectivity index (χ0) is 14.0. The van der Waals surface area contributed by atoms with Gasteiger partial charge in [0.2, 0.25) is 10.0 Å². The Kier molecular flexibility index (Phi) is 4.46. The molecule has 1 aromatic rings. The molecule has 0 spiro atoms. The van der Waals surface area contributed by atoms with Gasteiger partial charge in [0, 0.05) is 10.1 Å². The minimum absolute atomic E-state index is 0.154. The normalized spacial score (nSPS) is 21.2. The number of piperidine rings is 1. The Bertz CT molecular complexity index is 570. The third kappa shape index (κ3) is 3.09. The van der Waals surface area contributed by atoms with Gasteiger partial charge >= 0.3 is 5.97 Å². The van der Waals surface area contributed by atoms with Crippen molar-refractivity contribution in [2.45, 2.75) is 30.2 Å². The van der Waals surface area contributed by atoms with Crippen LogP contribution in [0.1, 0.15) is 19.3 Å². The second-order valence-electron chi connectivity index (χ2n) is 4.42. The molecule has 0 aromatic heterocycles. The van der Waals surface area contributed by atoms with E-state index in [4.69, 9.17) is 5.11 Å². The van der Waals surface area contributed by atoms with Crippen molar-refractivity contribution in [2.24, 2.45) is 0 Å². The summed E-state index contributed by atoms with van der Waals surface area (Å²) in [6, 6.07) is 5.49. The fourth-order valence-corrected chi connectivity index (χ4v) is 4.19. The summed E-state index contributed by atoms with van der Waals surface area (Å²) in [5.74, 6) is -1.08. The first-order chi connectivity index (χ1) is 8.93. The minimum Gasteiger partial charge on any atom is -0.480 e. The molecule has 1 N–H and O–H groups in total. The molecule has 1 atom stereocenters. The van der Waals surface area contributed by atoms with Crippen LogP contribution < -0.4 is 0 Å². The monoisotopic (exact) mass is 395 g/mol. The average molecular weight is 395 g/mol. The summed E-state index contributed by atoms with van der Waals surface area (Å²) in [4.78, 5) is 11.3. The van der Waals surface area contributed by atoms with Gasteiger partial charge in [0.05, 0.1) is 4.90 Å². The predicted molar refractivity (Wildman–Crippen MR) is 78.3 cm³/mol. The molecule has 7 heteroatoms. The van der Waals surface area contributed by atoms with Crippen molar-refractivity contribution in [1.82, 2.24) is 4.31 Å². The van der Waals surface area contributed by atoms with Gasteiger partial charge in [-0.3, -0.25) is 4.79 Å². The maximum absolute atomic E-state index is 12.5. The van der Waals surface area contributed by atoms with Gasteiger partial charge in [-0.2, -0.15) is 4.31 Å². The van der Waals surface area contributed by atoms with Crippen LogP contribution in [0.25, 0.3) is 0 Å². The Labute approximate surface area is 125 Å². The maximum atomic E-state index is 12.5. The summed E-state index contributed by atoms with van der Waals surface area (Å²) in [7, 11) is -3.72. The highest BCUT2D eigenvalue weighted by molar-refractivity contribution is 14.1. The van der Waals surface area contributed by atoms with Gasteiger partial charge in [-0.1, -0.05) is 0 Å². The average Bonchev–Trinajstić information content (AvgIpc) is 2.39. The number of carbonyl (C=O) groups is 1. The Hall–Kier alpha value is -0.670. The zero-order valence-corrected chi connectivity index (χ0v) is 13.1. The molecular weight excluding hydrogens is 381 g/mol. The molecule has 0 radical (unpaired) electrons. The molecule has 19 heavy (non-hydrogen) atoms. The first-order valence-corrected chi connectivity index (χ1v) is 8.45. The number of halogens is 1. The number of benzene rings is 1. The van der Waals surface area contributed by atoms with Crippen molar-refractivity contribution in [1.29, 1.82) is 0 Å². The van der Waals surface area contributed by atoms with Gasteiger partial charge < -0.3 is 5.11 Å². The number of nitrogens with zero attached hydrogens (tertiary/aromatic N) is 1.